The monoisotopic (exact) mass is 378 g/mol. The van der Waals surface area contributed by atoms with Crippen molar-refractivity contribution < 1.29 is 9.59 Å². The molecule has 146 valence electrons. The van der Waals surface area contributed by atoms with Gasteiger partial charge in [-0.3, -0.25) is 14.5 Å². The number of rotatable bonds is 4. The second-order valence-corrected chi connectivity index (χ2v) is 7.46. The van der Waals surface area contributed by atoms with Crippen LogP contribution in [-0.2, 0) is 6.54 Å². The highest BCUT2D eigenvalue weighted by atomic mass is 16.2. The van der Waals surface area contributed by atoms with Gasteiger partial charge in [-0.15, -0.1) is 0 Å². The van der Waals surface area contributed by atoms with Crippen molar-refractivity contribution in [3.8, 4) is 0 Å². The van der Waals surface area contributed by atoms with Crippen LogP contribution in [0.4, 0.5) is 0 Å². The van der Waals surface area contributed by atoms with Gasteiger partial charge in [-0.05, 0) is 30.5 Å². The molecule has 4 rings (SSSR count). The Balaban J connectivity index is 1.36. The molecule has 0 atom stereocenters. The topological polar surface area (TPSA) is 56.8 Å². The van der Waals surface area contributed by atoms with Gasteiger partial charge in [-0.25, -0.2) is 4.98 Å². The van der Waals surface area contributed by atoms with Crippen molar-refractivity contribution >= 4 is 11.8 Å². The molecule has 6 nitrogen and oxygen atoms in total. The van der Waals surface area contributed by atoms with Gasteiger partial charge in [-0.1, -0.05) is 36.4 Å². The standard InChI is InChI=1S/C22H26N4O2/c27-21(25-11-4-5-12-25)19-9-6-10-20(23-19)22(28)26-15-13-24(14-16-26)17-18-7-2-1-3-8-18/h1-3,6-10H,4-5,11-17H2. The van der Waals surface area contributed by atoms with Gasteiger partial charge in [0.1, 0.15) is 11.4 Å². The fourth-order valence-electron chi connectivity index (χ4n) is 3.87. The lowest BCUT2D eigenvalue weighted by Crippen LogP contribution is -2.48. The Morgan fingerprint density at radius 2 is 1.29 bits per heavy atom. The van der Waals surface area contributed by atoms with Crippen molar-refractivity contribution in [3.63, 3.8) is 0 Å². The van der Waals surface area contributed by atoms with E-state index in [-0.39, 0.29) is 11.8 Å². The molecule has 6 heteroatoms. The van der Waals surface area contributed by atoms with Gasteiger partial charge in [0.05, 0.1) is 0 Å². The van der Waals surface area contributed by atoms with Crippen LogP contribution in [0, 0.1) is 0 Å². The van der Waals surface area contributed by atoms with Crippen LogP contribution in [0.2, 0.25) is 0 Å². The maximum atomic E-state index is 12.9. The average Bonchev–Trinajstić information content (AvgIpc) is 3.29. The number of pyridine rings is 1. The van der Waals surface area contributed by atoms with E-state index >= 15 is 0 Å². The van der Waals surface area contributed by atoms with Crippen LogP contribution in [0.5, 0.6) is 0 Å². The predicted molar refractivity (Wildman–Crippen MR) is 107 cm³/mol. The third-order valence-electron chi connectivity index (χ3n) is 5.49. The van der Waals surface area contributed by atoms with E-state index < -0.39 is 0 Å². The van der Waals surface area contributed by atoms with E-state index in [1.165, 1.54) is 5.56 Å². The van der Waals surface area contributed by atoms with Gasteiger partial charge in [0.15, 0.2) is 0 Å². The lowest BCUT2D eigenvalue weighted by Gasteiger charge is -2.34. The zero-order valence-corrected chi connectivity index (χ0v) is 16.1. The van der Waals surface area contributed by atoms with Crippen molar-refractivity contribution in [2.24, 2.45) is 0 Å². The van der Waals surface area contributed by atoms with E-state index in [0.717, 1.165) is 45.6 Å². The van der Waals surface area contributed by atoms with Gasteiger partial charge in [-0.2, -0.15) is 0 Å². The molecule has 0 saturated carbocycles. The van der Waals surface area contributed by atoms with Crippen molar-refractivity contribution in [1.29, 1.82) is 0 Å². The minimum atomic E-state index is -0.0876. The van der Waals surface area contributed by atoms with E-state index in [1.54, 1.807) is 18.2 Å². The van der Waals surface area contributed by atoms with Crippen LogP contribution in [0.3, 0.4) is 0 Å². The summed E-state index contributed by atoms with van der Waals surface area (Å²) in [6.45, 7) is 5.50. The Kier molecular flexibility index (Phi) is 5.67. The van der Waals surface area contributed by atoms with E-state index in [0.29, 0.717) is 24.5 Å². The molecule has 0 spiro atoms. The first kappa shape index (κ1) is 18.6. The number of hydrogen-bond acceptors (Lipinski definition) is 4. The van der Waals surface area contributed by atoms with Gasteiger partial charge in [0, 0.05) is 45.8 Å². The third-order valence-corrected chi connectivity index (χ3v) is 5.49. The number of aromatic nitrogens is 1. The summed E-state index contributed by atoms with van der Waals surface area (Å²) in [5.74, 6) is -0.157. The molecule has 2 amide bonds. The lowest BCUT2D eigenvalue weighted by atomic mass is 10.2. The van der Waals surface area contributed by atoms with Crippen molar-refractivity contribution in [3.05, 3.63) is 65.5 Å². The first-order valence-corrected chi connectivity index (χ1v) is 10.0. The smallest absolute Gasteiger partial charge is 0.272 e. The molecule has 0 bridgehead atoms. The Bertz CT molecular complexity index is 825. The molecule has 0 radical (unpaired) electrons. The quantitative estimate of drug-likeness (QED) is 0.819. The summed E-state index contributed by atoms with van der Waals surface area (Å²) in [6, 6.07) is 15.6. The minimum absolute atomic E-state index is 0.0696. The Morgan fingerprint density at radius 1 is 0.714 bits per heavy atom. The number of piperazine rings is 1. The second-order valence-electron chi connectivity index (χ2n) is 7.46. The second kappa shape index (κ2) is 8.52. The molecule has 1 aromatic carbocycles. The number of amides is 2. The van der Waals surface area contributed by atoms with Gasteiger partial charge < -0.3 is 9.80 Å². The number of nitrogens with zero attached hydrogens (tertiary/aromatic N) is 4. The zero-order valence-electron chi connectivity index (χ0n) is 16.1. The molecule has 2 fully saturated rings. The molecule has 2 aliphatic rings. The normalized spacial score (nSPS) is 17.7. The van der Waals surface area contributed by atoms with E-state index in [9.17, 15) is 9.59 Å². The van der Waals surface area contributed by atoms with Crippen LogP contribution >= 0.6 is 0 Å². The Labute approximate surface area is 165 Å². The van der Waals surface area contributed by atoms with Crippen molar-refractivity contribution in [2.75, 3.05) is 39.3 Å². The third kappa shape index (κ3) is 4.22. The molecule has 3 heterocycles. The molecular formula is C22H26N4O2. The highest BCUT2D eigenvalue weighted by Gasteiger charge is 2.25. The average molecular weight is 378 g/mol. The molecule has 2 aromatic rings. The molecule has 0 N–H and O–H groups in total. The van der Waals surface area contributed by atoms with E-state index in [2.05, 4.69) is 34.1 Å². The van der Waals surface area contributed by atoms with Gasteiger partial charge >= 0.3 is 0 Å². The van der Waals surface area contributed by atoms with Gasteiger partial charge in [0.2, 0.25) is 0 Å². The Morgan fingerprint density at radius 3 is 1.89 bits per heavy atom. The summed E-state index contributed by atoms with van der Waals surface area (Å²) >= 11 is 0. The molecule has 2 aliphatic heterocycles. The predicted octanol–water partition coefficient (Wildman–Crippen LogP) is 2.28. The van der Waals surface area contributed by atoms with Crippen LogP contribution in [0.15, 0.2) is 48.5 Å². The fourth-order valence-corrected chi connectivity index (χ4v) is 3.87. The van der Waals surface area contributed by atoms with Crippen LogP contribution in [0.25, 0.3) is 0 Å². The fraction of sp³-hybridized carbons (Fsp3) is 0.409. The summed E-state index contributed by atoms with van der Waals surface area (Å²) in [6.07, 6.45) is 2.08. The van der Waals surface area contributed by atoms with Crippen molar-refractivity contribution in [1.82, 2.24) is 19.7 Å². The summed E-state index contributed by atoms with van der Waals surface area (Å²) in [7, 11) is 0. The number of benzene rings is 1. The first-order chi connectivity index (χ1) is 13.7. The van der Waals surface area contributed by atoms with E-state index in [4.69, 9.17) is 0 Å². The summed E-state index contributed by atoms with van der Waals surface area (Å²) in [5.41, 5.74) is 2.02. The lowest BCUT2D eigenvalue weighted by molar-refractivity contribution is 0.0622. The number of hydrogen-bond donors (Lipinski definition) is 0. The van der Waals surface area contributed by atoms with Gasteiger partial charge in [0.25, 0.3) is 11.8 Å². The highest BCUT2D eigenvalue weighted by molar-refractivity contribution is 5.96. The van der Waals surface area contributed by atoms with Crippen molar-refractivity contribution in [2.45, 2.75) is 19.4 Å². The maximum Gasteiger partial charge on any atom is 0.272 e. The summed E-state index contributed by atoms with van der Waals surface area (Å²) in [4.78, 5) is 35.8. The first-order valence-electron chi connectivity index (χ1n) is 10.0. The molecule has 2 saturated heterocycles. The minimum Gasteiger partial charge on any atom is -0.337 e. The maximum absolute atomic E-state index is 12.9. The number of carbonyl (C=O) groups excluding carboxylic acids is 2. The largest absolute Gasteiger partial charge is 0.337 e. The molecule has 1 aromatic heterocycles. The molecular weight excluding hydrogens is 352 g/mol. The van der Waals surface area contributed by atoms with Crippen LogP contribution in [0.1, 0.15) is 39.4 Å². The number of carbonyl (C=O) groups is 2. The molecule has 0 aliphatic carbocycles. The van der Waals surface area contributed by atoms with Crippen LogP contribution in [-0.4, -0.2) is 70.8 Å². The molecule has 0 unspecified atom stereocenters. The Hall–Kier alpha value is -2.73. The molecule has 28 heavy (non-hydrogen) atoms. The summed E-state index contributed by atoms with van der Waals surface area (Å²) < 4.78 is 0. The SMILES string of the molecule is O=C(c1cccc(C(=O)N2CCN(Cc3ccccc3)CC2)n1)N1CCCC1. The van der Waals surface area contributed by atoms with E-state index in [1.807, 2.05) is 15.9 Å². The van der Waals surface area contributed by atoms with Crippen LogP contribution < -0.4 is 0 Å². The summed E-state index contributed by atoms with van der Waals surface area (Å²) in [5, 5.41) is 0. The number of likely N-dealkylation sites (tertiary alicyclic amines) is 1. The zero-order chi connectivity index (χ0) is 19.3. The highest BCUT2D eigenvalue weighted by Crippen LogP contribution is 2.14.